The molecule has 1 saturated heterocycles. The summed E-state index contributed by atoms with van der Waals surface area (Å²) in [5, 5.41) is 21.0. The third kappa shape index (κ3) is 3.26. The van der Waals surface area contributed by atoms with Crippen LogP contribution in [0.5, 0.6) is 0 Å². The molecule has 1 unspecified atom stereocenters. The number of anilines is 1. The topological polar surface area (TPSA) is 98.7 Å². The van der Waals surface area contributed by atoms with Crippen molar-refractivity contribution < 1.29 is 14.9 Å². The van der Waals surface area contributed by atoms with Gasteiger partial charge in [-0.2, -0.15) is 0 Å². The van der Waals surface area contributed by atoms with E-state index in [1.165, 1.54) is 0 Å². The first-order chi connectivity index (χ1) is 13.5. The van der Waals surface area contributed by atoms with Gasteiger partial charge in [-0.1, -0.05) is 6.07 Å². The normalized spacial score (nSPS) is 22.2. The Hall–Kier alpha value is -2.48. The number of hydrogen-bond donors (Lipinski definition) is 3. The van der Waals surface area contributed by atoms with Crippen LogP contribution in [0.3, 0.4) is 0 Å². The van der Waals surface area contributed by atoms with Crippen LogP contribution in [0, 0.1) is 0 Å². The minimum absolute atomic E-state index is 0.274. The molecule has 4 rings (SSSR count). The Morgan fingerprint density at radius 2 is 2.00 bits per heavy atom. The van der Waals surface area contributed by atoms with Crippen molar-refractivity contribution in [2.75, 3.05) is 24.6 Å². The minimum atomic E-state index is -0.779. The van der Waals surface area contributed by atoms with E-state index in [9.17, 15) is 15.0 Å². The molecule has 0 saturated carbocycles. The number of ether oxygens (including phenoxy) is 1. The first-order valence-corrected chi connectivity index (χ1v) is 9.71. The maximum Gasteiger partial charge on any atom is 0.255 e. The number of hydrogen-bond acceptors (Lipinski definition) is 6. The van der Waals surface area contributed by atoms with Gasteiger partial charge in [0.15, 0.2) is 0 Å². The molecular formula is C21H25N3O4. The van der Waals surface area contributed by atoms with E-state index in [1.54, 1.807) is 6.07 Å². The summed E-state index contributed by atoms with van der Waals surface area (Å²) in [6.07, 6.45) is -1.69. The lowest BCUT2D eigenvalue weighted by Crippen LogP contribution is -2.24. The van der Waals surface area contributed by atoms with Gasteiger partial charge in [-0.3, -0.25) is 4.79 Å². The van der Waals surface area contributed by atoms with Gasteiger partial charge < -0.3 is 24.8 Å². The summed E-state index contributed by atoms with van der Waals surface area (Å²) in [5.41, 5.74) is 2.62. The van der Waals surface area contributed by atoms with E-state index in [1.807, 2.05) is 18.2 Å². The van der Waals surface area contributed by atoms with Gasteiger partial charge in [0.1, 0.15) is 11.8 Å². The molecule has 0 aliphatic carbocycles. The van der Waals surface area contributed by atoms with Crippen molar-refractivity contribution in [2.24, 2.45) is 0 Å². The molecule has 3 atom stereocenters. The van der Waals surface area contributed by atoms with Gasteiger partial charge in [-0.05, 0) is 38.1 Å². The number of aliphatic hydroxyl groups is 2. The number of aromatic amines is 1. The molecule has 28 heavy (non-hydrogen) atoms. The molecule has 3 N–H and O–H groups in total. The monoisotopic (exact) mass is 383 g/mol. The summed E-state index contributed by atoms with van der Waals surface area (Å²) in [6, 6.07) is 9.93. The lowest BCUT2D eigenvalue weighted by molar-refractivity contribution is -0.0228. The van der Waals surface area contributed by atoms with E-state index < -0.39 is 18.3 Å². The molecule has 0 spiro atoms. The Labute approximate surface area is 162 Å². The highest BCUT2D eigenvalue weighted by atomic mass is 16.5. The molecule has 0 amide bonds. The Morgan fingerprint density at radius 3 is 2.68 bits per heavy atom. The number of aliphatic hydroxyl groups excluding tert-OH is 2. The Bertz CT molecular complexity index is 1060. The van der Waals surface area contributed by atoms with Crippen molar-refractivity contribution in [1.29, 1.82) is 0 Å². The van der Waals surface area contributed by atoms with Crippen LogP contribution in [-0.2, 0) is 4.74 Å². The number of aromatic nitrogens is 2. The maximum absolute atomic E-state index is 12.6. The predicted molar refractivity (Wildman–Crippen MR) is 109 cm³/mol. The number of pyridine rings is 2. The van der Waals surface area contributed by atoms with Crippen molar-refractivity contribution in [3.63, 3.8) is 0 Å². The fraction of sp³-hybridized carbons (Fsp3) is 0.429. The van der Waals surface area contributed by atoms with Crippen LogP contribution in [-0.4, -0.2) is 52.1 Å². The smallest absolute Gasteiger partial charge is 0.255 e. The molecule has 3 aromatic rings. The third-order valence-electron chi connectivity index (χ3n) is 5.52. The summed E-state index contributed by atoms with van der Waals surface area (Å²) in [7, 11) is 0. The zero-order valence-corrected chi connectivity index (χ0v) is 16.1. The number of rotatable bonds is 5. The average Bonchev–Trinajstić information content (AvgIpc) is 3.07. The van der Waals surface area contributed by atoms with Crippen molar-refractivity contribution >= 4 is 27.6 Å². The average molecular weight is 383 g/mol. The van der Waals surface area contributed by atoms with Crippen molar-refractivity contribution in [1.82, 2.24) is 9.97 Å². The zero-order chi connectivity index (χ0) is 19.8. The molecule has 0 radical (unpaired) electrons. The van der Waals surface area contributed by atoms with Crippen LogP contribution in [0.25, 0.3) is 21.9 Å². The van der Waals surface area contributed by atoms with Gasteiger partial charge in [-0.25, -0.2) is 4.98 Å². The molecule has 7 nitrogen and oxygen atoms in total. The lowest BCUT2D eigenvalue weighted by atomic mass is 10.0. The first-order valence-electron chi connectivity index (χ1n) is 9.71. The van der Waals surface area contributed by atoms with Gasteiger partial charge >= 0.3 is 0 Å². The van der Waals surface area contributed by atoms with E-state index in [4.69, 9.17) is 4.74 Å². The van der Waals surface area contributed by atoms with E-state index in [0.717, 1.165) is 35.1 Å². The SMILES string of the molecule is CCN(CC)c1ccc2cc3cc([C@H]4CC(O)[C@@H](CO)O4)c(=O)[nH]c3nc2c1. The number of fused-ring (bicyclic) bond motifs is 2. The Morgan fingerprint density at radius 1 is 1.21 bits per heavy atom. The number of benzene rings is 1. The number of nitrogens with one attached hydrogen (secondary N) is 1. The van der Waals surface area contributed by atoms with Gasteiger partial charge in [0.25, 0.3) is 5.56 Å². The molecule has 148 valence electrons. The lowest BCUT2D eigenvalue weighted by Gasteiger charge is -2.21. The fourth-order valence-corrected chi connectivity index (χ4v) is 3.91. The summed E-state index contributed by atoms with van der Waals surface area (Å²) in [4.78, 5) is 22.3. The highest BCUT2D eigenvalue weighted by Gasteiger charge is 2.35. The highest BCUT2D eigenvalue weighted by Crippen LogP contribution is 2.32. The molecule has 1 aliphatic rings. The van der Waals surface area contributed by atoms with E-state index in [2.05, 4.69) is 34.8 Å². The highest BCUT2D eigenvalue weighted by molar-refractivity contribution is 5.92. The minimum Gasteiger partial charge on any atom is -0.394 e. The van der Waals surface area contributed by atoms with Gasteiger partial charge in [-0.15, -0.1) is 0 Å². The molecule has 3 heterocycles. The summed E-state index contributed by atoms with van der Waals surface area (Å²) < 4.78 is 5.65. The quantitative estimate of drug-likeness (QED) is 0.584. The second-order valence-electron chi connectivity index (χ2n) is 7.18. The molecular weight excluding hydrogens is 358 g/mol. The molecule has 1 fully saturated rings. The molecule has 0 bridgehead atoms. The third-order valence-corrected chi connectivity index (χ3v) is 5.52. The second kappa shape index (κ2) is 7.50. The zero-order valence-electron chi connectivity index (χ0n) is 16.1. The molecule has 1 aromatic carbocycles. The fourth-order valence-electron chi connectivity index (χ4n) is 3.91. The van der Waals surface area contributed by atoms with Crippen LogP contribution >= 0.6 is 0 Å². The maximum atomic E-state index is 12.6. The Balaban J connectivity index is 1.77. The largest absolute Gasteiger partial charge is 0.394 e. The van der Waals surface area contributed by atoms with Gasteiger partial charge in [0, 0.05) is 41.5 Å². The van der Waals surface area contributed by atoms with Crippen molar-refractivity contribution in [3.8, 4) is 0 Å². The Kier molecular flexibility index (Phi) is 5.05. The standard InChI is InChI=1S/C21H25N3O4/c1-3-24(4-2)14-6-5-12-7-13-8-15(18-10-17(26)19(11-25)28-18)21(27)23-20(13)22-16(12)9-14/h5-9,17-19,25-26H,3-4,10-11H2,1-2H3,(H,22,23,27)/t17?,18-,19-/m1/s1. The van der Waals surface area contributed by atoms with Crippen molar-refractivity contribution in [3.05, 3.63) is 46.2 Å². The van der Waals surface area contributed by atoms with Crippen LogP contribution in [0.15, 0.2) is 35.1 Å². The summed E-state index contributed by atoms with van der Waals surface area (Å²) in [5.74, 6) is 0. The number of H-pyrrole nitrogens is 1. The van der Waals surface area contributed by atoms with Gasteiger partial charge in [0.2, 0.25) is 0 Å². The predicted octanol–water partition coefficient (Wildman–Crippen LogP) is 2.11. The van der Waals surface area contributed by atoms with Crippen LogP contribution < -0.4 is 10.5 Å². The number of nitrogens with zero attached hydrogens (tertiary/aromatic N) is 2. The molecule has 1 aliphatic heterocycles. The summed E-state index contributed by atoms with van der Waals surface area (Å²) in [6.45, 7) is 5.79. The van der Waals surface area contributed by atoms with Gasteiger partial charge in [0.05, 0.1) is 24.3 Å². The second-order valence-corrected chi connectivity index (χ2v) is 7.18. The van der Waals surface area contributed by atoms with E-state index >= 15 is 0 Å². The van der Waals surface area contributed by atoms with Crippen LogP contribution in [0.1, 0.15) is 31.9 Å². The first kappa shape index (κ1) is 18.9. The van der Waals surface area contributed by atoms with Crippen LogP contribution in [0.4, 0.5) is 5.69 Å². The van der Waals surface area contributed by atoms with E-state index in [-0.39, 0.29) is 18.6 Å². The molecule has 2 aromatic heterocycles. The molecule has 7 heteroatoms. The van der Waals surface area contributed by atoms with Crippen LogP contribution in [0.2, 0.25) is 0 Å². The van der Waals surface area contributed by atoms with E-state index in [0.29, 0.717) is 11.2 Å². The summed E-state index contributed by atoms with van der Waals surface area (Å²) >= 11 is 0. The van der Waals surface area contributed by atoms with Crippen molar-refractivity contribution in [2.45, 2.75) is 38.6 Å².